The Morgan fingerprint density at radius 2 is 1.96 bits per heavy atom. The summed E-state index contributed by atoms with van der Waals surface area (Å²) in [6.07, 6.45) is 3.42. The van der Waals surface area contributed by atoms with E-state index in [0.717, 1.165) is 41.6 Å². The Kier molecular flexibility index (Phi) is 5.64. The van der Waals surface area contributed by atoms with Crippen LogP contribution in [0.5, 0.6) is 0 Å². The first-order valence-electron chi connectivity index (χ1n) is 8.64. The average Bonchev–Trinajstić information content (AvgIpc) is 3.13. The van der Waals surface area contributed by atoms with Crippen molar-refractivity contribution in [3.8, 4) is 0 Å². The van der Waals surface area contributed by atoms with Crippen LogP contribution in [0.25, 0.3) is 0 Å². The highest BCUT2D eigenvalue weighted by molar-refractivity contribution is 6.31. The number of halogens is 1. The van der Waals surface area contributed by atoms with Gasteiger partial charge in [0.05, 0.1) is 18.1 Å². The molecule has 0 spiro atoms. The molecule has 0 atom stereocenters. The third-order valence-corrected chi connectivity index (χ3v) is 5.09. The van der Waals surface area contributed by atoms with E-state index in [1.807, 2.05) is 48.0 Å². The van der Waals surface area contributed by atoms with Crippen molar-refractivity contribution in [2.75, 3.05) is 38.1 Å². The van der Waals surface area contributed by atoms with Crippen molar-refractivity contribution < 1.29 is 4.79 Å². The van der Waals surface area contributed by atoms with Gasteiger partial charge in [-0.1, -0.05) is 36.4 Å². The Morgan fingerprint density at radius 1 is 1.27 bits per heavy atom. The molecule has 1 aromatic heterocycles. The zero-order valence-electron chi connectivity index (χ0n) is 15.2. The lowest BCUT2D eigenvalue weighted by Gasteiger charge is -2.34. The average molecular weight is 374 g/mol. The number of aromatic nitrogens is 2. The van der Waals surface area contributed by atoms with E-state index < -0.39 is 0 Å². The summed E-state index contributed by atoms with van der Waals surface area (Å²) in [6.45, 7) is 9.60. The summed E-state index contributed by atoms with van der Waals surface area (Å²) in [5, 5.41) is 4.99. The highest BCUT2D eigenvalue weighted by Gasteiger charge is 2.23. The van der Waals surface area contributed by atoms with Crippen molar-refractivity contribution >= 4 is 23.3 Å². The van der Waals surface area contributed by atoms with Gasteiger partial charge in [-0.15, -0.1) is 0 Å². The molecule has 26 heavy (non-hydrogen) atoms. The number of piperazine rings is 1. The summed E-state index contributed by atoms with van der Waals surface area (Å²) < 4.78 is 1.40. The molecule has 0 aliphatic carbocycles. The van der Waals surface area contributed by atoms with Crippen molar-refractivity contribution in [3.05, 3.63) is 59.5 Å². The van der Waals surface area contributed by atoms with Gasteiger partial charge in [-0.25, -0.2) is 4.79 Å². The normalized spacial score (nSPS) is 15.1. The van der Waals surface area contributed by atoms with Crippen molar-refractivity contribution in [3.63, 3.8) is 0 Å². The van der Waals surface area contributed by atoms with Crippen molar-refractivity contribution in [2.24, 2.45) is 0 Å². The number of allylic oxidation sites excluding steroid dienone is 1. The summed E-state index contributed by atoms with van der Waals surface area (Å²) in [4.78, 5) is 18.7. The van der Waals surface area contributed by atoms with E-state index in [1.54, 1.807) is 12.4 Å². The third-order valence-electron chi connectivity index (χ3n) is 4.72. The lowest BCUT2D eigenvalue weighted by Crippen LogP contribution is -2.49. The molecule has 138 valence electrons. The molecule has 1 aliphatic rings. The van der Waals surface area contributed by atoms with Crippen LogP contribution in [0.3, 0.4) is 0 Å². The largest absolute Gasteiger partial charge is 0.347 e. The summed E-state index contributed by atoms with van der Waals surface area (Å²) >= 11 is 6.24. The second-order valence-electron chi connectivity index (χ2n) is 6.57. The van der Waals surface area contributed by atoms with Crippen molar-refractivity contribution in [1.82, 2.24) is 19.6 Å². The highest BCUT2D eigenvalue weighted by Crippen LogP contribution is 2.19. The molecule has 2 aromatic rings. The number of carbonyl (C=O) groups excluding carboxylic acids is 1. The summed E-state index contributed by atoms with van der Waals surface area (Å²) in [5.41, 5.74) is 2.86. The van der Waals surface area contributed by atoms with E-state index in [0.29, 0.717) is 13.1 Å². The molecule has 1 fully saturated rings. The van der Waals surface area contributed by atoms with Gasteiger partial charge < -0.3 is 9.80 Å². The number of rotatable bonds is 4. The molecule has 0 bridgehead atoms. The predicted molar refractivity (Wildman–Crippen MR) is 105 cm³/mol. The van der Waals surface area contributed by atoms with Crippen LogP contribution in [0, 0.1) is 0 Å². The van der Waals surface area contributed by atoms with Gasteiger partial charge in [0.25, 0.3) is 0 Å². The van der Waals surface area contributed by atoms with Crippen LogP contribution >= 0.6 is 11.6 Å². The Labute approximate surface area is 159 Å². The minimum absolute atomic E-state index is 0.0937. The van der Waals surface area contributed by atoms with Gasteiger partial charge in [0, 0.05) is 50.5 Å². The van der Waals surface area contributed by atoms with E-state index in [1.165, 1.54) is 4.68 Å². The topological polar surface area (TPSA) is 44.6 Å². The molecule has 2 heterocycles. The number of carbonyl (C=O) groups is 1. The second kappa shape index (κ2) is 7.93. The van der Waals surface area contributed by atoms with Gasteiger partial charge in [-0.2, -0.15) is 9.78 Å². The quantitative estimate of drug-likeness (QED) is 0.824. The molecular weight excluding hydrogens is 350 g/mol. The Balaban J connectivity index is 1.57. The van der Waals surface area contributed by atoms with Crippen LogP contribution < -0.4 is 4.90 Å². The van der Waals surface area contributed by atoms with Gasteiger partial charge in [0.15, 0.2) is 0 Å². The minimum Gasteiger partial charge on any atom is -0.347 e. The molecule has 0 unspecified atom stereocenters. The SMILES string of the molecule is C=C(C)N(C)c1cnn(C(=O)N2CCN(Cc3ccccc3Cl)CC2)c1. The number of amides is 1. The van der Waals surface area contributed by atoms with Gasteiger partial charge in [-0.3, -0.25) is 4.90 Å². The molecule has 1 amide bonds. The second-order valence-corrected chi connectivity index (χ2v) is 6.98. The maximum Gasteiger partial charge on any atom is 0.344 e. The van der Waals surface area contributed by atoms with Crippen LogP contribution in [0.4, 0.5) is 10.5 Å². The van der Waals surface area contributed by atoms with Gasteiger partial charge in [-0.05, 0) is 18.6 Å². The van der Waals surface area contributed by atoms with Crippen LogP contribution in [0.15, 0.2) is 48.9 Å². The van der Waals surface area contributed by atoms with Crippen LogP contribution in [-0.2, 0) is 6.54 Å². The van der Waals surface area contributed by atoms with Crippen LogP contribution in [0.1, 0.15) is 12.5 Å². The lowest BCUT2D eigenvalue weighted by molar-refractivity contribution is 0.134. The van der Waals surface area contributed by atoms with Crippen molar-refractivity contribution in [1.29, 1.82) is 0 Å². The van der Waals surface area contributed by atoms with Gasteiger partial charge in [0.2, 0.25) is 0 Å². The standard InChI is InChI=1S/C19H24ClN5O/c1-15(2)22(3)17-12-21-25(14-17)19(26)24-10-8-23(9-11-24)13-16-6-4-5-7-18(16)20/h4-7,12,14H,1,8-11,13H2,2-3H3. The monoisotopic (exact) mass is 373 g/mol. The minimum atomic E-state index is -0.0937. The predicted octanol–water partition coefficient (Wildman–Crippen LogP) is 3.29. The molecular formula is C19H24ClN5O. The Hall–Kier alpha value is -2.31. The van der Waals surface area contributed by atoms with E-state index in [4.69, 9.17) is 11.6 Å². The van der Waals surface area contributed by atoms with Crippen LogP contribution in [-0.4, -0.2) is 58.8 Å². The van der Waals surface area contributed by atoms with Gasteiger partial charge in [0.1, 0.15) is 0 Å². The van der Waals surface area contributed by atoms with E-state index in [9.17, 15) is 4.79 Å². The highest BCUT2D eigenvalue weighted by atomic mass is 35.5. The fourth-order valence-corrected chi connectivity index (χ4v) is 3.12. The fourth-order valence-electron chi connectivity index (χ4n) is 2.92. The number of hydrogen-bond acceptors (Lipinski definition) is 4. The molecule has 0 saturated carbocycles. The first-order chi connectivity index (χ1) is 12.5. The van der Waals surface area contributed by atoms with E-state index >= 15 is 0 Å². The summed E-state index contributed by atoms with van der Waals surface area (Å²) in [6, 6.07) is 7.80. The lowest BCUT2D eigenvalue weighted by atomic mass is 10.2. The molecule has 1 aromatic carbocycles. The summed E-state index contributed by atoms with van der Waals surface area (Å²) in [7, 11) is 1.90. The number of nitrogens with zero attached hydrogens (tertiary/aromatic N) is 5. The maximum atomic E-state index is 12.7. The molecule has 7 heteroatoms. The van der Waals surface area contributed by atoms with E-state index in [-0.39, 0.29) is 6.03 Å². The fraction of sp³-hybridized carbons (Fsp3) is 0.368. The number of hydrogen-bond donors (Lipinski definition) is 0. The third kappa shape index (κ3) is 4.08. The molecule has 0 radical (unpaired) electrons. The molecule has 1 aliphatic heterocycles. The smallest absolute Gasteiger partial charge is 0.344 e. The molecule has 0 N–H and O–H groups in total. The zero-order chi connectivity index (χ0) is 18.7. The number of anilines is 1. The van der Waals surface area contributed by atoms with Crippen LogP contribution in [0.2, 0.25) is 5.02 Å². The Bertz CT molecular complexity index is 795. The first kappa shape index (κ1) is 18.5. The molecule has 6 nitrogen and oxygen atoms in total. The summed E-state index contributed by atoms with van der Waals surface area (Å²) in [5.74, 6) is 0. The van der Waals surface area contributed by atoms with E-state index in [2.05, 4.69) is 16.6 Å². The molecule has 3 rings (SSSR count). The maximum absolute atomic E-state index is 12.7. The van der Waals surface area contributed by atoms with Crippen molar-refractivity contribution in [2.45, 2.75) is 13.5 Å². The first-order valence-corrected chi connectivity index (χ1v) is 9.02. The molecule has 1 saturated heterocycles. The number of benzene rings is 1. The zero-order valence-corrected chi connectivity index (χ0v) is 16.0. The van der Waals surface area contributed by atoms with Gasteiger partial charge >= 0.3 is 6.03 Å². The Morgan fingerprint density at radius 3 is 2.62 bits per heavy atom.